The molecule has 1 aromatic heterocycles. The predicted molar refractivity (Wildman–Crippen MR) is 73.1 cm³/mol. The second-order valence-corrected chi connectivity index (χ2v) is 4.08. The van der Waals surface area contributed by atoms with Crippen LogP contribution < -0.4 is 10.5 Å². The summed E-state index contributed by atoms with van der Waals surface area (Å²) >= 11 is 0. The van der Waals surface area contributed by atoms with Crippen molar-refractivity contribution in [3.63, 3.8) is 0 Å². The summed E-state index contributed by atoms with van der Waals surface area (Å²) in [6.07, 6.45) is 2.63. The van der Waals surface area contributed by atoms with Crippen LogP contribution >= 0.6 is 0 Å². The summed E-state index contributed by atoms with van der Waals surface area (Å²) in [5.41, 5.74) is 7.54. The van der Waals surface area contributed by atoms with Crippen LogP contribution in [0.15, 0.2) is 30.6 Å². The third-order valence-electron chi connectivity index (χ3n) is 2.85. The Morgan fingerprint density at radius 1 is 1.26 bits per heavy atom. The standard InChI is InChI=1S/C14H17N3O2/c1-2-11-13(15)16-9-17-14(11)19-12-6-4-3-5-10(12)7-8-18/h3-6,9,18H,2,7-8H2,1H3,(H2,15,16,17). The van der Waals surface area contributed by atoms with Gasteiger partial charge in [-0.05, 0) is 24.5 Å². The van der Waals surface area contributed by atoms with Gasteiger partial charge in [-0.25, -0.2) is 9.97 Å². The highest BCUT2D eigenvalue weighted by atomic mass is 16.5. The van der Waals surface area contributed by atoms with Crippen molar-refractivity contribution in [1.82, 2.24) is 9.97 Å². The molecule has 100 valence electrons. The maximum absolute atomic E-state index is 9.05. The number of anilines is 1. The summed E-state index contributed by atoms with van der Waals surface area (Å²) in [7, 11) is 0. The number of rotatable bonds is 5. The molecular formula is C14H17N3O2. The predicted octanol–water partition coefficient (Wildman–Crippen LogP) is 1.95. The van der Waals surface area contributed by atoms with Gasteiger partial charge in [-0.3, -0.25) is 0 Å². The van der Waals surface area contributed by atoms with E-state index in [2.05, 4.69) is 9.97 Å². The van der Waals surface area contributed by atoms with E-state index in [9.17, 15) is 0 Å². The normalized spacial score (nSPS) is 10.4. The van der Waals surface area contributed by atoms with Crippen LogP contribution in [-0.4, -0.2) is 21.7 Å². The van der Waals surface area contributed by atoms with Gasteiger partial charge < -0.3 is 15.6 Å². The van der Waals surface area contributed by atoms with E-state index in [4.69, 9.17) is 15.6 Å². The van der Waals surface area contributed by atoms with Crippen molar-refractivity contribution >= 4 is 5.82 Å². The molecule has 0 amide bonds. The number of hydrogen-bond donors (Lipinski definition) is 2. The van der Waals surface area contributed by atoms with E-state index in [1.54, 1.807) is 0 Å². The van der Waals surface area contributed by atoms with Crippen molar-refractivity contribution in [1.29, 1.82) is 0 Å². The number of aliphatic hydroxyl groups excluding tert-OH is 1. The molecule has 19 heavy (non-hydrogen) atoms. The highest BCUT2D eigenvalue weighted by Gasteiger charge is 2.11. The fourth-order valence-corrected chi connectivity index (χ4v) is 1.86. The molecule has 0 bridgehead atoms. The van der Waals surface area contributed by atoms with E-state index in [1.165, 1.54) is 6.33 Å². The molecule has 0 radical (unpaired) electrons. The molecule has 5 nitrogen and oxygen atoms in total. The zero-order valence-corrected chi connectivity index (χ0v) is 10.8. The number of benzene rings is 1. The van der Waals surface area contributed by atoms with Gasteiger partial charge in [0.1, 0.15) is 17.9 Å². The lowest BCUT2D eigenvalue weighted by molar-refractivity contribution is 0.297. The topological polar surface area (TPSA) is 81.3 Å². The van der Waals surface area contributed by atoms with Gasteiger partial charge in [0.05, 0.1) is 5.56 Å². The summed E-state index contributed by atoms with van der Waals surface area (Å²) in [4.78, 5) is 8.09. The van der Waals surface area contributed by atoms with Gasteiger partial charge in [-0.1, -0.05) is 25.1 Å². The second-order valence-electron chi connectivity index (χ2n) is 4.08. The Balaban J connectivity index is 2.33. The first-order valence-electron chi connectivity index (χ1n) is 6.22. The Hall–Kier alpha value is -2.14. The number of nitrogens with two attached hydrogens (primary N) is 1. The minimum Gasteiger partial charge on any atom is -0.438 e. The number of aliphatic hydroxyl groups is 1. The second kappa shape index (κ2) is 6.15. The van der Waals surface area contributed by atoms with E-state index in [1.807, 2.05) is 31.2 Å². The Morgan fingerprint density at radius 2 is 2.05 bits per heavy atom. The van der Waals surface area contributed by atoms with Gasteiger partial charge in [0.15, 0.2) is 0 Å². The molecule has 1 heterocycles. The summed E-state index contributed by atoms with van der Waals surface area (Å²) in [5.74, 6) is 1.59. The van der Waals surface area contributed by atoms with Crippen molar-refractivity contribution in [3.05, 3.63) is 41.7 Å². The number of ether oxygens (including phenoxy) is 1. The highest BCUT2D eigenvalue weighted by Crippen LogP contribution is 2.28. The van der Waals surface area contributed by atoms with Crippen LogP contribution in [0.5, 0.6) is 11.6 Å². The van der Waals surface area contributed by atoms with Gasteiger partial charge in [0.2, 0.25) is 5.88 Å². The van der Waals surface area contributed by atoms with Crippen LogP contribution in [0.25, 0.3) is 0 Å². The van der Waals surface area contributed by atoms with Gasteiger partial charge >= 0.3 is 0 Å². The molecule has 0 saturated carbocycles. The lowest BCUT2D eigenvalue weighted by atomic mass is 10.1. The molecule has 0 spiro atoms. The van der Waals surface area contributed by atoms with E-state index in [0.29, 0.717) is 30.3 Å². The molecular weight excluding hydrogens is 242 g/mol. The smallest absolute Gasteiger partial charge is 0.227 e. The molecule has 1 aromatic carbocycles. The molecule has 0 aliphatic heterocycles. The molecule has 0 aliphatic rings. The quantitative estimate of drug-likeness (QED) is 0.857. The van der Waals surface area contributed by atoms with Crippen molar-refractivity contribution < 1.29 is 9.84 Å². The number of aromatic nitrogens is 2. The zero-order chi connectivity index (χ0) is 13.7. The lowest BCUT2D eigenvalue weighted by Gasteiger charge is -2.12. The number of nitrogens with zero attached hydrogens (tertiary/aromatic N) is 2. The molecule has 0 fully saturated rings. The van der Waals surface area contributed by atoms with E-state index in [-0.39, 0.29) is 6.61 Å². The number of nitrogen functional groups attached to an aromatic ring is 1. The fourth-order valence-electron chi connectivity index (χ4n) is 1.86. The van der Waals surface area contributed by atoms with Crippen LogP contribution in [-0.2, 0) is 12.8 Å². The first-order valence-corrected chi connectivity index (χ1v) is 6.22. The third kappa shape index (κ3) is 3.00. The van der Waals surface area contributed by atoms with Gasteiger partial charge in [-0.2, -0.15) is 0 Å². The molecule has 3 N–H and O–H groups in total. The van der Waals surface area contributed by atoms with E-state index >= 15 is 0 Å². The molecule has 0 unspecified atom stereocenters. The van der Waals surface area contributed by atoms with E-state index in [0.717, 1.165) is 11.1 Å². The monoisotopic (exact) mass is 259 g/mol. The Bertz CT molecular complexity index is 558. The fraction of sp³-hybridized carbons (Fsp3) is 0.286. The van der Waals surface area contributed by atoms with Crippen molar-refractivity contribution in [3.8, 4) is 11.6 Å². The molecule has 0 atom stereocenters. The summed E-state index contributed by atoms with van der Waals surface area (Å²) < 4.78 is 5.82. The minimum atomic E-state index is 0.0763. The number of para-hydroxylation sites is 1. The number of hydrogen-bond acceptors (Lipinski definition) is 5. The van der Waals surface area contributed by atoms with Crippen molar-refractivity contribution in [2.45, 2.75) is 19.8 Å². The molecule has 5 heteroatoms. The first kappa shape index (κ1) is 13.3. The van der Waals surface area contributed by atoms with Crippen LogP contribution in [0.3, 0.4) is 0 Å². The van der Waals surface area contributed by atoms with Crippen molar-refractivity contribution in [2.24, 2.45) is 0 Å². The summed E-state index contributed by atoms with van der Waals surface area (Å²) in [6, 6.07) is 7.56. The van der Waals surface area contributed by atoms with Crippen LogP contribution in [0.1, 0.15) is 18.1 Å². The SMILES string of the molecule is CCc1c(N)ncnc1Oc1ccccc1CCO. The van der Waals surface area contributed by atoms with Gasteiger partial charge in [-0.15, -0.1) is 0 Å². The molecule has 2 rings (SSSR count). The van der Waals surface area contributed by atoms with E-state index < -0.39 is 0 Å². The average Bonchev–Trinajstić information content (AvgIpc) is 2.41. The largest absolute Gasteiger partial charge is 0.438 e. The van der Waals surface area contributed by atoms with Crippen molar-refractivity contribution in [2.75, 3.05) is 12.3 Å². The van der Waals surface area contributed by atoms with Crippen LogP contribution in [0.2, 0.25) is 0 Å². The molecule has 0 aliphatic carbocycles. The highest BCUT2D eigenvalue weighted by molar-refractivity contribution is 5.47. The maximum Gasteiger partial charge on any atom is 0.227 e. The summed E-state index contributed by atoms with van der Waals surface area (Å²) in [6.45, 7) is 2.05. The van der Waals surface area contributed by atoms with Crippen LogP contribution in [0.4, 0.5) is 5.82 Å². The first-order chi connectivity index (χ1) is 9.26. The molecule has 2 aromatic rings. The minimum absolute atomic E-state index is 0.0763. The maximum atomic E-state index is 9.05. The zero-order valence-electron chi connectivity index (χ0n) is 10.8. The average molecular weight is 259 g/mol. The van der Waals surface area contributed by atoms with Gasteiger partial charge in [0, 0.05) is 6.61 Å². The molecule has 0 saturated heterocycles. The lowest BCUT2D eigenvalue weighted by Crippen LogP contribution is -2.03. The third-order valence-corrected chi connectivity index (χ3v) is 2.85. The Kier molecular flexibility index (Phi) is 4.30. The van der Waals surface area contributed by atoms with Gasteiger partial charge in [0.25, 0.3) is 0 Å². The van der Waals surface area contributed by atoms with Crippen LogP contribution in [0, 0.1) is 0 Å². The summed E-state index contributed by atoms with van der Waals surface area (Å²) in [5, 5.41) is 9.05. The Morgan fingerprint density at radius 3 is 2.79 bits per heavy atom. The Labute approximate surface area is 112 Å².